The number of para-hydroxylation sites is 1. The highest BCUT2D eigenvalue weighted by atomic mass is 32.2. The first-order chi connectivity index (χ1) is 15.3. The van der Waals surface area contributed by atoms with Crippen LogP contribution in [0.1, 0.15) is 17.8 Å². The van der Waals surface area contributed by atoms with E-state index in [1.807, 2.05) is 0 Å². The Bertz CT molecular complexity index is 1340. The Kier molecular flexibility index (Phi) is 4.48. The van der Waals surface area contributed by atoms with Crippen LogP contribution in [0, 0.1) is 0 Å². The lowest BCUT2D eigenvalue weighted by molar-refractivity contribution is -0.133. The summed E-state index contributed by atoms with van der Waals surface area (Å²) in [6.45, 7) is 0.136. The predicted octanol–water partition coefficient (Wildman–Crippen LogP) is 0.796. The number of sulfone groups is 1. The topological polar surface area (TPSA) is 136 Å². The van der Waals surface area contributed by atoms with Gasteiger partial charge in [-0.15, -0.1) is 5.10 Å². The largest absolute Gasteiger partial charge is 0.493 e. The van der Waals surface area contributed by atoms with Gasteiger partial charge in [-0.1, -0.05) is 18.2 Å². The van der Waals surface area contributed by atoms with Crippen molar-refractivity contribution in [2.45, 2.75) is 23.4 Å². The summed E-state index contributed by atoms with van der Waals surface area (Å²) in [6.07, 6.45) is 1.43. The molecule has 1 fully saturated rings. The molecule has 1 spiro atoms. The molecule has 0 radical (unpaired) electrons. The van der Waals surface area contributed by atoms with Crippen molar-refractivity contribution in [3.63, 3.8) is 0 Å². The van der Waals surface area contributed by atoms with Crippen LogP contribution in [0.2, 0.25) is 0 Å². The lowest BCUT2D eigenvalue weighted by Gasteiger charge is -2.33. The number of hydrogen-bond donors (Lipinski definition) is 1. The number of benzene rings is 2. The number of nitrogens with one attached hydrogen (secondary N) is 1. The van der Waals surface area contributed by atoms with E-state index >= 15 is 0 Å². The van der Waals surface area contributed by atoms with Crippen molar-refractivity contribution in [2.24, 2.45) is 0 Å². The summed E-state index contributed by atoms with van der Waals surface area (Å²) in [7, 11) is -3.35. The van der Waals surface area contributed by atoms with Gasteiger partial charge < -0.3 is 10.1 Å². The van der Waals surface area contributed by atoms with Crippen molar-refractivity contribution in [3.8, 4) is 11.4 Å². The molecule has 2 aliphatic rings. The average Bonchev–Trinajstić information content (AvgIpc) is 3.33. The quantitative estimate of drug-likeness (QED) is 0.572. The molecule has 1 aromatic heterocycles. The number of carbonyl (C=O) groups excluding carboxylic acids is 2. The maximum atomic E-state index is 13.4. The van der Waals surface area contributed by atoms with E-state index in [-0.39, 0.29) is 17.3 Å². The fourth-order valence-corrected chi connectivity index (χ4v) is 4.63. The third-order valence-electron chi connectivity index (χ3n) is 5.60. The summed E-state index contributed by atoms with van der Waals surface area (Å²) in [4.78, 5) is 27.5. The number of ether oxygens (including phenoxy) is 1. The van der Waals surface area contributed by atoms with Gasteiger partial charge in [0.15, 0.2) is 21.2 Å². The summed E-state index contributed by atoms with van der Waals surface area (Å²) < 4.78 is 30.4. The first kappa shape index (κ1) is 20.1. The van der Waals surface area contributed by atoms with Gasteiger partial charge in [0.2, 0.25) is 0 Å². The molecule has 32 heavy (non-hydrogen) atoms. The first-order valence-corrected chi connectivity index (χ1v) is 11.6. The standard InChI is InChI=1S/C20H18N6O5S/c1-32(29,30)14-8-6-13(7-9-14)26-17(22-23-24-26)12-25-18(27)20(21-19(25)28)10-11-31-16-5-3-2-4-15(16)20/h2-9H,10-12H2,1H3,(H,21,28). The number of tetrazole rings is 1. The Balaban J connectivity index is 1.45. The molecule has 11 nitrogen and oxygen atoms in total. The van der Waals surface area contributed by atoms with E-state index in [1.165, 1.54) is 16.8 Å². The number of hydrogen-bond acceptors (Lipinski definition) is 8. The van der Waals surface area contributed by atoms with Gasteiger partial charge in [-0.25, -0.2) is 13.2 Å². The van der Waals surface area contributed by atoms with Crippen molar-refractivity contribution in [1.82, 2.24) is 30.4 Å². The molecule has 1 atom stereocenters. The van der Waals surface area contributed by atoms with Crippen LogP contribution in [0.15, 0.2) is 53.4 Å². The Morgan fingerprint density at radius 3 is 2.62 bits per heavy atom. The van der Waals surface area contributed by atoms with E-state index in [4.69, 9.17) is 4.74 Å². The van der Waals surface area contributed by atoms with Crippen LogP contribution in [-0.4, -0.2) is 58.3 Å². The van der Waals surface area contributed by atoms with Crippen molar-refractivity contribution >= 4 is 21.8 Å². The van der Waals surface area contributed by atoms with E-state index in [1.54, 1.807) is 36.4 Å². The molecule has 164 valence electrons. The minimum absolute atomic E-state index is 0.156. The molecule has 1 unspecified atom stereocenters. The zero-order chi connectivity index (χ0) is 22.5. The minimum atomic E-state index is -3.35. The first-order valence-electron chi connectivity index (χ1n) is 9.74. The molecule has 0 bridgehead atoms. The molecular weight excluding hydrogens is 436 g/mol. The molecule has 2 aliphatic heterocycles. The second-order valence-corrected chi connectivity index (χ2v) is 9.61. The fraction of sp³-hybridized carbons (Fsp3) is 0.250. The van der Waals surface area contributed by atoms with Gasteiger partial charge in [-0.05, 0) is 40.8 Å². The van der Waals surface area contributed by atoms with Gasteiger partial charge in [0.05, 0.1) is 23.7 Å². The molecule has 1 saturated heterocycles. The Morgan fingerprint density at radius 2 is 1.88 bits per heavy atom. The van der Waals surface area contributed by atoms with Crippen molar-refractivity contribution < 1.29 is 22.7 Å². The highest BCUT2D eigenvalue weighted by Crippen LogP contribution is 2.41. The lowest BCUT2D eigenvalue weighted by atomic mass is 9.84. The van der Waals surface area contributed by atoms with Crippen molar-refractivity contribution in [2.75, 3.05) is 12.9 Å². The number of aromatic nitrogens is 4. The Hall–Kier alpha value is -3.80. The molecule has 3 aromatic rings. The van der Waals surface area contributed by atoms with E-state index in [0.29, 0.717) is 30.0 Å². The molecule has 3 heterocycles. The number of carbonyl (C=O) groups is 2. The third-order valence-corrected chi connectivity index (χ3v) is 6.73. The van der Waals surface area contributed by atoms with Crippen LogP contribution in [0.4, 0.5) is 4.79 Å². The third kappa shape index (κ3) is 3.11. The molecule has 2 aromatic carbocycles. The van der Waals surface area contributed by atoms with Crippen molar-refractivity contribution in [1.29, 1.82) is 0 Å². The second-order valence-electron chi connectivity index (χ2n) is 7.59. The van der Waals surface area contributed by atoms with Gasteiger partial charge in [0, 0.05) is 18.2 Å². The van der Waals surface area contributed by atoms with E-state index < -0.39 is 27.3 Å². The van der Waals surface area contributed by atoms with Gasteiger partial charge >= 0.3 is 6.03 Å². The normalized spacial score (nSPS) is 20.2. The van der Waals surface area contributed by atoms with Crippen LogP contribution < -0.4 is 10.1 Å². The Labute approximate surface area is 182 Å². The van der Waals surface area contributed by atoms with Gasteiger partial charge in [-0.2, -0.15) is 4.68 Å². The molecule has 0 saturated carbocycles. The number of nitrogens with zero attached hydrogens (tertiary/aromatic N) is 5. The van der Waals surface area contributed by atoms with E-state index in [9.17, 15) is 18.0 Å². The van der Waals surface area contributed by atoms with Gasteiger partial charge in [0.25, 0.3) is 5.91 Å². The smallest absolute Gasteiger partial charge is 0.325 e. The molecule has 0 aliphatic carbocycles. The SMILES string of the molecule is CS(=O)(=O)c1ccc(-n2nnnc2CN2C(=O)NC3(CCOc4ccccc43)C2=O)cc1. The fourth-order valence-electron chi connectivity index (χ4n) is 4.00. The summed E-state index contributed by atoms with van der Waals surface area (Å²) in [6, 6.07) is 12.6. The van der Waals surface area contributed by atoms with E-state index in [2.05, 4.69) is 20.8 Å². The minimum Gasteiger partial charge on any atom is -0.493 e. The highest BCUT2D eigenvalue weighted by Gasteiger charge is 2.55. The second kappa shape index (κ2) is 7.12. The van der Waals surface area contributed by atoms with E-state index in [0.717, 1.165) is 11.2 Å². The molecular formula is C20H18N6O5S. The van der Waals surface area contributed by atoms with Gasteiger partial charge in [-0.3, -0.25) is 9.69 Å². The molecule has 12 heteroatoms. The highest BCUT2D eigenvalue weighted by molar-refractivity contribution is 7.90. The summed E-state index contributed by atoms with van der Waals surface area (Å²) in [5.41, 5.74) is -0.0833. The molecule has 1 N–H and O–H groups in total. The average molecular weight is 454 g/mol. The van der Waals surface area contributed by atoms with Crippen molar-refractivity contribution in [3.05, 3.63) is 59.9 Å². The Morgan fingerprint density at radius 1 is 1.12 bits per heavy atom. The molecule has 3 amide bonds. The summed E-state index contributed by atoms with van der Waals surface area (Å²) >= 11 is 0. The summed E-state index contributed by atoms with van der Waals surface area (Å²) in [5, 5.41) is 14.4. The number of fused-ring (bicyclic) bond motifs is 2. The lowest BCUT2D eigenvalue weighted by Crippen LogP contribution is -2.47. The van der Waals surface area contributed by atoms with Crippen LogP contribution in [-0.2, 0) is 26.7 Å². The number of urea groups is 1. The zero-order valence-corrected chi connectivity index (χ0v) is 17.7. The van der Waals surface area contributed by atoms with Crippen LogP contribution in [0.5, 0.6) is 5.75 Å². The van der Waals surface area contributed by atoms with Crippen LogP contribution in [0.25, 0.3) is 5.69 Å². The van der Waals surface area contributed by atoms with Gasteiger partial charge in [0.1, 0.15) is 5.75 Å². The maximum absolute atomic E-state index is 13.4. The number of imide groups is 1. The monoisotopic (exact) mass is 454 g/mol. The molecule has 5 rings (SSSR count). The maximum Gasteiger partial charge on any atom is 0.325 e. The van der Waals surface area contributed by atoms with Crippen LogP contribution in [0.3, 0.4) is 0 Å². The zero-order valence-electron chi connectivity index (χ0n) is 16.9. The number of amides is 3. The number of rotatable bonds is 4. The summed E-state index contributed by atoms with van der Waals surface area (Å²) in [5.74, 6) is 0.406. The predicted molar refractivity (Wildman–Crippen MR) is 110 cm³/mol. The van der Waals surface area contributed by atoms with Crippen LogP contribution >= 0.6 is 0 Å².